The van der Waals surface area contributed by atoms with E-state index in [1.165, 1.54) is 11.8 Å². The first-order valence-electron chi connectivity index (χ1n) is 13.4. The number of nitrogens with two attached hydrogens (primary N) is 1. The van der Waals surface area contributed by atoms with Gasteiger partial charge in [0.15, 0.2) is 12.7 Å². The summed E-state index contributed by atoms with van der Waals surface area (Å²) in [5.41, 5.74) is 9.60. The molecular formula is C34H30ClN2O5PS. The van der Waals surface area contributed by atoms with E-state index in [2.05, 4.69) is 83.5 Å². The fourth-order valence-corrected chi connectivity index (χ4v) is 9.92. The Labute approximate surface area is 263 Å². The van der Waals surface area contributed by atoms with Gasteiger partial charge >= 0.3 is 0 Å². The maximum absolute atomic E-state index is 13.8. The highest BCUT2D eigenvalue weighted by atomic mass is 35.7. The topological polar surface area (TPSA) is 147 Å². The number of nitrogen functional groups attached to an aromatic ring is 1. The lowest BCUT2D eigenvalue weighted by Gasteiger charge is -2.29. The van der Waals surface area contributed by atoms with Gasteiger partial charge in [-0.25, -0.2) is 18.6 Å². The minimum absolute atomic E-state index is 0.143. The van der Waals surface area contributed by atoms with Crippen LogP contribution in [0.3, 0.4) is 0 Å². The summed E-state index contributed by atoms with van der Waals surface area (Å²) in [6.45, 7) is 2.02. The van der Waals surface area contributed by atoms with E-state index in [1.54, 1.807) is 0 Å². The van der Waals surface area contributed by atoms with Crippen molar-refractivity contribution >= 4 is 46.5 Å². The number of benzene rings is 5. The first-order chi connectivity index (χ1) is 21.1. The van der Waals surface area contributed by atoms with Crippen molar-refractivity contribution in [3.63, 3.8) is 0 Å². The molecule has 0 unspecified atom stereocenters. The molecule has 0 bridgehead atoms. The summed E-state index contributed by atoms with van der Waals surface area (Å²) in [5, 5.41) is 8.93. The quantitative estimate of drug-likeness (QED) is 0.149. The number of halogens is 1. The summed E-state index contributed by atoms with van der Waals surface area (Å²) in [4.78, 5) is 14.8. The maximum Gasteiger partial charge on any atom is 0.258 e. The molecule has 10 heteroatoms. The number of para-hydroxylation sites is 1. The lowest BCUT2D eigenvalue weighted by molar-refractivity contribution is -2.00. The summed E-state index contributed by atoms with van der Waals surface area (Å²) < 4.78 is 34.0. The number of aryl methyl sites for hydroxylation is 1. The molecule has 5 aromatic carbocycles. The Hall–Kier alpha value is -3.98. The van der Waals surface area contributed by atoms with Crippen LogP contribution in [0.4, 0.5) is 5.69 Å². The van der Waals surface area contributed by atoms with Crippen LogP contribution in [0.5, 0.6) is 0 Å². The van der Waals surface area contributed by atoms with Gasteiger partial charge < -0.3 is 5.73 Å². The van der Waals surface area contributed by atoms with Gasteiger partial charge in [-0.1, -0.05) is 96.2 Å². The van der Waals surface area contributed by atoms with Crippen LogP contribution in [0.2, 0.25) is 0 Å². The number of rotatable bonds is 8. The highest BCUT2D eigenvalue weighted by molar-refractivity contribution is 8.04. The molecule has 0 aliphatic rings. The van der Waals surface area contributed by atoms with Crippen LogP contribution in [0.15, 0.2) is 155 Å². The number of hydrogen-bond acceptors (Lipinski definition) is 7. The Morgan fingerprint density at radius 2 is 1.09 bits per heavy atom. The van der Waals surface area contributed by atoms with E-state index in [-0.39, 0.29) is 5.91 Å². The van der Waals surface area contributed by atoms with E-state index in [1.807, 2.05) is 73.7 Å². The number of amides is 1. The number of anilines is 1. The third kappa shape index (κ3) is 8.56. The predicted octanol–water partition coefficient (Wildman–Crippen LogP) is 2.14. The molecule has 0 radical (unpaired) electrons. The second-order valence-electron chi connectivity index (χ2n) is 9.53. The molecule has 7 nitrogen and oxygen atoms in total. The van der Waals surface area contributed by atoms with Crippen LogP contribution in [0.1, 0.15) is 15.9 Å². The molecule has 5 aromatic rings. The van der Waals surface area contributed by atoms with Gasteiger partial charge in [-0.15, -0.1) is 10.2 Å². The molecule has 0 saturated heterocycles. The predicted molar refractivity (Wildman–Crippen MR) is 169 cm³/mol. The average Bonchev–Trinajstić information content (AvgIpc) is 3.02. The van der Waals surface area contributed by atoms with Crippen molar-refractivity contribution in [3.8, 4) is 0 Å². The second-order valence-corrected chi connectivity index (χ2v) is 14.6. The van der Waals surface area contributed by atoms with Crippen LogP contribution in [0, 0.1) is 17.2 Å². The first-order valence-corrected chi connectivity index (χ1v) is 17.3. The van der Waals surface area contributed by atoms with E-state index in [9.17, 15) is 4.79 Å². The zero-order chi connectivity index (χ0) is 31.6. The van der Waals surface area contributed by atoms with Gasteiger partial charge in [-0.3, -0.25) is 10.1 Å². The van der Waals surface area contributed by atoms with Gasteiger partial charge in [0.25, 0.3) is 5.91 Å². The van der Waals surface area contributed by atoms with Gasteiger partial charge in [0.05, 0.1) is 0 Å². The monoisotopic (exact) mass is 644 g/mol. The highest BCUT2D eigenvalue weighted by Crippen LogP contribution is 2.62. The zero-order valence-corrected chi connectivity index (χ0v) is 26.2. The van der Waals surface area contributed by atoms with E-state index in [0.29, 0.717) is 11.3 Å². The van der Waals surface area contributed by atoms with E-state index in [4.69, 9.17) is 24.4 Å². The van der Waals surface area contributed by atoms with Crippen molar-refractivity contribution < 1.29 is 33.7 Å². The van der Waals surface area contributed by atoms with Crippen LogP contribution in [0.25, 0.3) is 0 Å². The van der Waals surface area contributed by atoms with Crippen molar-refractivity contribution in [2.45, 2.75) is 11.8 Å². The molecule has 3 N–H and O–H groups in total. The van der Waals surface area contributed by atoms with Gasteiger partial charge in [-0.2, -0.15) is 0 Å². The summed E-state index contributed by atoms with van der Waals surface area (Å²) in [5.74, 6) is -0.143. The summed E-state index contributed by atoms with van der Waals surface area (Å²) in [6.07, 6.45) is 0. The standard InChI is InChI=1S/C34H29N2OPS.ClHO4/c1-26-21-23-27(24-22-26)34(37)36-33(25-39-32-20-12-11-19-31(32)35)38(28-13-5-2-6-14-28,29-15-7-3-8-16-29)30-17-9-4-10-18-30;2-1(3,4)5/h2-25H,35H2,1H3;(H,2,3,4,5)/b33-25+;. The number of carbonyl (C=O) groups is 1. The molecule has 0 aromatic heterocycles. The van der Waals surface area contributed by atoms with Crippen LogP contribution in [-0.4, -0.2) is 5.91 Å². The van der Waals surface area contributed by atoms with Crippen molar-refractivity contribution in [2.24, 2.45) is 0 Å². The fourth-order valence-electron chi connectivity index (χ4n) is 4.61. The number of carbonyl (C=O) groups excluding carboxylic acids is 1. The van der Waals surface area contributed by atoms with E-state index < -0.39 is 17.5 Å². The molecule has 0 aliphatic carbocycles. The van der Waals surface area contributed by atoms with E-state index >= 15 is 0 Å². The smallest absolute Gasteiger partial charge is 0.258 e. The van der Waals surface area contributed by atoms with Crippen LogP contribution in [-0.2, 0) is 0 Å². The number of hydrogen-bond donors (Lipinski definition) is 2. The maximum atomic E-state index is 13.8. The Morgan fingerprint density at radius 3 is 1.52 bits per heavy atom. The zero-order valence-electron chi connectivity index (χ0n) is 23.7. The third-order valence-electron chi connectivity index (χ3n) is 6.56. The van der Waals surface area contributed by atoms with Gasteiger partial charge in [0.1, 0.15) is 15.9 Å². The highest BCUT2D eigenvalue weighted by Gasteiger charge is 2.50. The fraction of sp³-hybridized carbons (Fsp3) is 0.0294. The average molecular weight is 645 g/mol. The molecule has 44 heavy (non-hydrogen) atoms. The summed E-state index contributed by atoms with van der Waals surface area (Å²) in [6, 6.07) is 47.0. The van der Waals surface area contributed by atoms with Crippen molar-refractivity contribution in [1.82, 2.24) is 5.32 Å². The van der Waals surface area contributed by atoms with Crippen molar-refractivity contribution in [1.29, 1.82) is 0 Å². The Balaban J connectivity index is 0.000000818. The Kier molecular flexibility index (Phi) is 11.3. The molecule has 0 aliphatic heterocycles. The largest absolute Gasteiger partial charge is 0.398 e. The molecule has 0 fully saturated rings. The normalized spacial score (nSPS) is 11.7. The van der Waals surface area contributed by atoms with Crippen molar-refractivity contribution in [3.05, 3.63) is 161 Å². The third-order valence-corrected chi connectivity index (χ3v) is 11.9. The molecule has 0 heterocycles. The number of nitrogens with one attached hydrogen (secondary N) is 1. The molecule has 0 spiro atoms. The Morgan fingerprint density at radius 1 is 0.682 bits per heavy atom. The molecule has 0 atom stereocenters. The number of thioether (sulfide) groups is 1. The van der Waals surface area contributed by atoms with Crippen LogP contribution >= 0.6 is 19.0 Å². The first kappa shape index (κ1) is 32.9. The molecule has 0 saturated carbocycles. The van der Waals surface area contributed by atoms with Gasteiger partial charge in [0, 0.05) is 21.6 Å². The van der Waals surface area contributed by atoms with Gasteiger partial charge in [0.2, 0.25) is 0 Å². The molecule has 1 amide bonds. The summed E-state index contributed by atoms with van der Waals surface area (Å²) in [7, 11) is -7.48. The lowest BCUT2D eigenvalue weighted by Crippen LogP contribution is -2.68. The minimum atomic E-state index is -4.94. The Bertz CT molecular complexity index is 1580. The molecular weight excluding hydrogens is 615 g/mol. The molecule has 5 rings (SSSR count). The van der Waals surface area contributed by atoms with Gasteiger partial charge in [-0.05, 0) is 67.6 Å². The SMILES string of the molecule is Cc1ccc(C(=O)N/C(=C\Sc2ccccc2N)[P+](c2ccccc2)(c2ccccc2)c2ccccc2)cc1.[O-][Cl+3]([O-])([O-])[O-]. The minimum Gasteiger partial charge on any atom is -0.398 e. The second kappa shape index (κ2) is 15.1. The van der Waals surface area contributed by atoms with Crippen molar-refractivity contribution in [2.75, 3.05) is 5.73 Å². The van der Waals surface area contributed by atoms with E-state index in [0.717, 1.165) is 31.8 Å². The molecule has 224 valence electrons. The lowest BCUT2D eigenvalue weighted by atomic mass is 10.1. The summed E-state index contributed by atoms with van der Waals surface area (Å²) >= 11 is 1.53. The van der Waals surface area contributed by atoms with Crippen LogP contribution < -0.4 is 45.6 Å².